The first kappa shape index (κ1) is 21.3. The van der Waals surface area contributed by atoms with Gasteiger partial charge in [0.05, 0.1) is 21.8 Å². The molecule has 0 radical (unpaired) electrons. The number of carbonyl (C=O) groups is 2. The van der Waals surface area contributed by atoms with Crippen LogP contribution in [0.4, 0.5) is 5.69 Å². The molecule has 0 aromatic heterocycles. The van der Waals surface area contributed by atoms with Gasteiger partial charge in [0.1, 0.15) is 0 Å². The number of hydrazone groups is 1. The van der Waals surface area contributed by atoms with E-state index >= 15 is 0 Å². The molecule has 0 aliphatic carbocycles. The highest BCUT2D eigenvalue weighted by molar-refractivity contribution is 6.37. The van der Waals surface area contributed by atoms with Crippen LogP contribution in [0.3, 0.4) is 0 Å². The van der Waals surface area contributed by atoms with E-state index in [-0.39, 0.29) is 16.1 Å². The van der Waals surface area contributed by atoms with Gasteiger partial charge < -0.3 is 5.32 Å². The standard InChI is InChI=1S/C23H17Cl2N3O2/c24-17-12-13-18(20(25)15-17)22(29)27-21-11-5-4-10-19(21)23(30)28-26-14-6-9-16-7-2-1-3-8-16/h1-15H,(H,27,29)(H,28,30)/b9-6+,26-14-. The Morgan fingerprint density at radius 1 is 0.833 bits per heavy atom. The monoisotopic (exact) mass is 437 g/mol. The number of amides is 2. The number of anilines is 1. The summed E-state index contributed by atoms with van der Waals surface area (Å²) in [5.41, 5.74) is 4.31. The minimum atomic E-state index is -0.461. The topological polar surface area (TPSA) is 70.6 Å². The van der Waals surface area contributed by atoms with E-state index in [0.717, 1.165) is 5.56 Å². The van der Waals surface area contributed by atoms with Gasteiger partial charge in [-0.25, -0.2) is 5.43 Å². The van der Waals surface area contributed by atoms with Crippen molar-refractivity contribution in [2.45, 2.75) is 0 Å². The van der Waals surface area contributed by atoms with E-state index < -0.39 is 11.8 Å². The van der Waals surface area contributed by atoms with E-state index in [1.54, 1.807) is 36.4 Å². The summed E-state index contributed by atoms with van der Waals surface area (Å²) < 4.78 is 0. The molecule has 0 aliphatic heterocycles. The lowest BCUT2D eigenvalue weighted by atomic mass is 10.1. The van der Waals surface area contributed by atoms with E-state index in [9.17, 15) is 9.59 Å². The van der Waals surface area contributed by atoms with Crippen LogP contribution >= 0.6 is 23.2 Å². The Bertz CT molecular complexity index is 1110. The van der Waals surface area contributed by atoms with Gasteiger partial charge >= 0.3 is 0 Å². The van der Waals surface area contributed by atoms with Crippen molar-refractivity contribution >= 4 is 53.0 Å². The Morgan fingerprint density at radius 2 is 1.57 bits per heavy atom. The van der Waals surface area contributed by atoms with Gasteiger partial charge in [-0.1, -0.05) is 71.7 Å². The second-order valence-corrected chi connectivity index (χ2v) is 6.96. The molecule has 0 saturated heterocycles. The summed E-state index contributed by atoms with van der Waals surface area (Å²) in [4.78, 5) is 25.0. The van der Waals surface area contributed by atoms with Crippen molar-refractivity contribution in [3.05, 3.63) is 106 Å². The fourth-order valence-electron chi connectivity index (χ4n) is 2.57. The summed E-state index contributed by atoms with van der Waals surface area (Å²) in [5.74, 6) is -0.913. The highest BCUT2D eigenvalue weighted by atomic mass is 35.5. The average Bonchev–Trinajstić information content (AvgIpc) is 2.74. The Labute approximate surface area is 184 Å². The summed E-state index contributed by atoms with van der Waals surface area (Å²) in [6.07, 6.45) is 5.05. The number of rotatable bonds is 6. The Hall–Kier alpha value is -3.41. The van der Waals surface area contributed by atoms with Crippen molar-refractivity contribution in [2.24, 2.45) is 5.10 Å². The molecule has 0 heterocycles. The molecule has 7 heteroatoms. The van der Waals surface area contributed by atoms with E-state index in [2.05, 4.69) is 15.8 Å². The first-order valence-electron chi connectivity index (χ1n) is 8.95. The third-order valence-electron chi connectivity index (χ3n) is 4.01. The molecular weight excluding hydrogens is 421 g/mol. The summed E-state index contributed by atoms with van der Waals surface area (Å²) in [5, 5.41) is 7.25. The molecule has 3 aromatic carbocycles. The number of carbonyl (C=O) groups excluding carboxylic acids is 2. The van der Waals surface area contributed by atoms with E-state index in [1.165, 1.54) is 18.3 Å². The molecule has 150 valence electrons. The summed E-state index contributed by atoms with van der Waals surface area (Å²) in [6, 6.07) is 20.9. The molecular formula is C23H17Cl2N3O2. The lowest BCUT2D eigenvalue weighted by Gasteiger charge is -2.11. The lowest BCUT2D eigenvalue weighted by molar-refractivity contribution is 0.0956. The molecule has 0 saturated carbocycles. The second-order valence-electron chi connectivity index (χ2n) is 6.11. The van der Waals surface area contributed by atoms with Gasteiger partial charge in [-0.3, -0.25) is 9.59 Å². The Kier molecular flexibility index (Phi) is 7.38. The lowest BCUT2D eigenvalue weighted by Crippen LogP contribution is -2.21. The molecule has 30 heavy (non-hydrogen) atoms. The van der Waals surface area contributed by atoms with Crippen molar-refractivity contribution in [2.75, 3.05) is 5.32 Å². The van der Waals surface area contributed by atoms with Crippen LogP contribution in [0.5, 0.6) is 0 Å². The molecule has 2 amide bonds. The predicted molar refractivity (Wildman–Crippen MR) is 122 cm³/mol. The zero-order valence-electron chi connectivity index (χ0n) is 15.7. The van der Waals surface area contributed by atoms with Gasteiger partial charge in [0.15, 0.2) is 0 Å². The van der Waals surface area contributed by atoms with Crippen LogP contribution in [-0.2, 0) is 0 Å². The number of hydrogen-bond acceptors (Lipinski definition) is 3. The minimum absolute atomic E-state index is 0.219. The molecule has 0 aliphatic rings. The molecule has 0 spiro atoms. The smallest absolute Gasteiger partial charge is 0.273 e. The molecule has 0 unspecified atom stereocenters. The van der Waals surface area contributed by atoms with Gasteiger partial charge in [-0.05, 0) is 42.0 Å². The van der Waals surface area contributed by atoms with Crippen LogP contribution in [0.25, 0.3) is 6.08 Å². The fraction of sp³-hybridized carbons (Fsp3) is 0. The Morgan fingerprint density at radius 3 is 2.33 bits per heavy atom. The molecule has 0 atom stereocenters. The maximum Gasteiger partial charge on any atom is 0.273 e. The minimum Gasteiger partial charge on any atom is -0.321 e. The first-order valence-corrected chi connectivity index (χ1v) is 9.71. The zero-order chi connectivity index (χ0) is 21.3. The summed E-state index contributed by atoms with van der Waals surface area (Å²) in [7, 11) is 0. The van der Waals surface area contributed by atoms with Crippen LogP contribution in [-0.4, -0.2) is 18.0 Å². The number of nitrogens with one attached hydrogen (secondary N) is 2. The number of halogens is 2. The average molecular weight is 438 g/mol. The van der Waals surface area contributed by atoms with Crippen molar-refractivity contribution in [1.82, 2.24) is 5.43 Å². The highest BCUT2D eigenvalue weighted by Gasteiger charge is 2.15. The number of allylic oxidation sites excluding steroid dienone is 1. The number of nitrogens with zero attached hydrogens (tertiary/aromatic N) is 1. The molecule has 0 fully saturated rings. The summed E-state index contributed by atoms with van der Waals surface area (Å²) in [6.45, 7) is 0. The van der Waals surface area contributed by atoms with Crippen molar-refractivity contribution in [3.63, 3.8) is 0 Å². The maximum atomic E-state index is 12.5. The van der Waals surface area contributed by atoms with Gasteiger partial charge in [-0.2, -0.15) is 5.10 Å². The van der Waals surface area contributed by atoms with Gasteiger partial charge in [0.25, 0.3) is 11.8 Å². The van der Waals surface area contributed by atoms with E-state index in [1.807, 2.05) is 36.4 Å². The van der Waals surface area contributed by atoms with E-state index in [0.29, 0.717) is 10.7 Å². The van der Waals surface area contributed by atoms with Gasteiger partial charge in [-0.15, -0.1) is 0 Å². The number of benzene rings is 3. The zero-order valence-corrected chi connectivity index (χ0v) is 17.2. The number of para-hydroxylation sites is 1. The normalized spacial score (nSPS) is 11.0. The van der Waals surface area contributed by atoms with Crippen molar-refractivity contribution in [1.29, 1.82) is 0 Å². The van der Waals surface area contributed by atoms with Crippen LogP contribution in [0.15, 0.2) is 84.0 Å². The highest BCUT2D eigenvalue weighted by Crippen LogP contribution is 2.23. The molecule has 0 bridgehead atoms. The van der Waals surface area contributed by atoms with Gasteiger partial charge in [0.2, 0.25) is 0 Å². The van der Waals surface area contributed by atoms with Crippen LogP contribution < -0.4 is 10.7 Å². The summed E-state index contributed by atoms with van der Waals surface area (Å²) >= 11 is 12.0. The second kappa shape index (κ2) is 10.4. The molecule has 2 N–H and O–H groups in total. The van der Waals surface area contributed by atoms with E-state index in [4.69, 9.17) is 23.2 Å². The van der Waals surface area contributed by atoms with Crippen LogP contribution in [0.2, 0.25) is 10.0 Å². The van der Waals surface area contributed by atoms with Crippen LogP contribution in [0.1, 0.15) is 26.3 Å². The first-order chi connectivity index (χ1) is 14.5. The molecule has 5 nitrogen and oxygen atoms in total. The molecule has 3 aromatic rings. The number of hydrogen-bond donors (Lipinski definition) is 2. The predicted octanol–water partition coefficient (Wildman–Crippen LogP) is 5.67. The Balaban J connectivity index is 1.66. The van der Waals surface area contributed by atoms with Crippen LogP contribution in [0, 0.1) is 0 Å². The third kappa shape index (κ3) is 5.80. The quantitative estimate of drug-likeness (QED) is 0.384. The van der Waals surface area contributed by atoms with Gasteiger partial charge in [0, 0.05) is 11.2 Å². The fourth-order valence-corrected chi connectivity index (χ4v) is 3.07. The van der Waals surface area contributed by atoms with Crippen molar-refractivity contribution < 1.29 is 9.59 Å². The maximum absolute atomic E-state index is 12.5. The van der Waals surface area contributed by atoms with Crippen molar-refractivity contribution in [3.8, 4) is 0 Å². The largest absolute Gasteiger partial charge is 0.321 e. The molecule has 3 rings (SSSR count). The SMILES string of the molecule is O=C(Nc1ccccc1C(=O)N/N=C\C=C\c1ccccc1)c1ccc(Cl)cc1Cl. The third-order valence-corrected chi connectivity index (χ3v) is 4.56.